The van der Waals surface area contributed by atoms with Crippen LogP contribution in [0.5, 0.6) is 0 Å². The Bertz CT molecular complexity index is 387. The van der Waals surface area contributed by atoms with Crippen LogP contribution in [-0.2, 0) is 0 Å². The monoisotopic (exact) mass is 332 g/mol. The molecule has 0 saturated carbocycles. The maximum absolute atomic E-state index is 13.7. The van der Waals surface area contributed by atoms with E-state index in [1.807, 2.05) is 4.90 Å². The van der Waals surface area contributed by atoms with Crippen LogP contribution in [0.15, 0.2) is 18.2 Å². The normalized spacial score (nSPS) is 17.2. The zero-order valence-electron chi connectivity index (χ0n) is 10.2. The third kappa shape index (κ3) is 4.72. The Balaban J connectivity index is 0.00000162. The molecule has 0 bridgehead atoms. The topological polar surface area (TPSA) is 15.3 Å². The van der Waals surface area contributed by atoms with Crippen molar-refractivity contribution in [2.45, 2.75) is 6.04 Å². The Labute approximate surface area is 129 Å². The van der Waals surface area contributed by atoms with Gasteiger partial charge >= 0.3 is 0 Å². The predicted octanol–water partition coefficient (Wildman–Crippen LogP) is 3.24. The molecule has 1 heterocycles. The highest BCUT2D eigenvalue weighted by atomic mass is 35.5. The van der Waals surface area contributed by atoms with Crippen molar-refractivity contribution >= 4 is 36.4 Å². The summed E-state index contributed by atoms with van der Waals surface area (Å²) in [5.74, 6) is -0.393. The van der Waals surface area contributed by atoms with Crippen molar-refractivity contribution in [3.63, 3.8) is 0 Å². The summed E-state index contributed by atoms with van der Waals surface area (Å²) in [4.78, 5) is 1.95. The summed E-state index contributed by atoms with van der Waals surface area (Å²) in [7, 11) is 0. The molecule has 0 amide bonds. The fraction of sp³-hybridized carbons (Fsp3) is 0.500. The average Bonchev–Trinajstić information content (AvgIpc) is 2.36. The van der Waals surface area contributed by atoms with E-state index in [-0.39, 0.29) is 24.8 Å². The second kappa shape index (κ2) is 8.93. The van der Waals surface area contributed by atoms with E-state index in [1.54, 1.807) is 0 Å². The van der Waals surface area contributed by atoms with Crippen LogP contribution in [0, 0.1) is 5.82 Å². The highest BCUT2D eigenvalue weighted by Crippen LogP contribution is 2.26. The largest absolute Gasteiger partial charge is 0.314 e. The van der Waals surface area contributed by atoms with Crippen LogP contribution in [0.3, 0.4) is 0 Å². The van der Waals surface area contributed by atoms with Gasteiger partial charge in [0.2, 0.25) is 0 Å². The minimum absolute atomic E-state index is 0. The van der Waals surface area contributed by atoms with E-state index in [4.69, 9.17) is 11.6 Å². The van der Waals surface area contributed by atoms with Crippen LogP contribution in [0.1, 0.15) is 11.6 Å². The molecule has 110 valence electrons. The van der Waals surface area contributed by atoms with Crippen LogP contribution in [-0.4, -0.2) is 37.8 Å². The Morgan fingerprint density at radius 2 is 1.89 bits per heavy atom. The minimum atomic E-state index is -0.600. The lowest BCUT2D eigenvalue weighted by molar-refractivity contribution is 0.144. The summed E-state index contributed by atoms with van der Waals surface area (Å²) in [6, 6.07) is 3.76. The van der Waals surface area contributed by atoms with Crippen LogP contribution >= 0.6 is 36.4 Å². The number of hydrogen-bond acceptors (Lipinski definition) is 2. The number of halogens is 5. The lowest BCUT2D eigenvalue weighted by atomic mass is 10.0. The van der Waals surface area contributed by atoms with Crippen LogP contribution < -0.4 is 5.32 Å². The van der Waals surface area contributed by atoms with Gasteiger partial charge in [-0.05, 0) is 18.2 Å². The average molecular weight is 334 g/mol. The molecule has 7 heteroatoms. The lowest BCUT2D eigenvalue weighted by Gasteiger charge is -2.33. The van der Waals surface area contributed by atoms with E-state index < -0.39 is 18.5 Å². The molecule has 2 rings (SSSR count). The molecule has 1 aromatic carbocycles. The van der Waals surface area contributed by atoms with E-state index in [2.05, 4.69) is 5.32 Å². The minimum Gasteiger partial charge on any atom is -0.314 e. The van der Waals surface area contributed by atoms with Gasteiger partial charge in [0.05, 0.1) is 6.04 Å². The van der Waals surface area contributed by atoms with Gasteiger partial charge in [-0.3, -0.25) is 4.90 Å². The molecule has 1 saturated heterocycles. The van der Waals surface area contributed by atoms with Crippen molar-refractivity contribution in [1.29, 1.82) is 0 Å². The van der Waals surface area contributed by atoms with Crippen molar-refractivity contribution in [3.8, 4) is 0 Å². The molecule has 0 radical (unpaired) electrons. The van der Waals surface area contributed by atoms with E-state index in [0.29, 0.717) is 10.6 Å². The second-order valence-electron chi connectivity index (χ2n) is 4.12. The van der Waals surface area contributed by atoms with Crippen molar-refractivity contribution in [2.24, 2.45) is 0 Å². The van der Waals surface area contributed by atoms with Gasteiger partial charge in [-0.2, -0.15) is 0 Å². The molecule has 0 spiro atoms. The summed E-state index contributed by atoms with van der Waals surface area (Å²) in [5.41, 5.74) is 0.349. The second-order valence-corrected chi connectivity index (χ2v) is 4.56. The maximum Gasteiger partial charge on any atom is 0.128 e. The molecule has 1 aliphatic heterocycles. The van der Waals surface area contributed by atoms with Crippen molar-refractivity contribution in [1.82, 2.24) is 10.2 Å². The van der Waals surface area contributed by atoms with Crippen LogP contribution in [0.4, 0.5) is 8.78 Å². The standard InChI is InChI=1S/C12H15ClF2N2.2ClH/c13-9-1-2-11(15)10(7-9)12(8-14)17-5-3-16-4-6-17;;/h1-2,7,12,16H,3-6,8H2;2*1H/t12-;;/m0../s1. The lowest BCUT2D eigenvalue weighted by Crippen LogP contribution is -2.45. The number of benzene rings is 1. The van der Waals surface area contributed by atoms with Gasteiger partial charge in [0.25, 0.3) is 0 Å². The fourth-order valence-corrected chi connectivity index (χ4v) is 2.32. The first-order valence-corrected chi connectivity index (χ1v) is 6.06. The van der Waals surface area contributed by atoms with Gasteiger partial charge < -0.3 is 5.32 Å². The Morgan fingerprint density at radius 3 is 2.47 bits per heavy atom. The molecule has 0 unspecified atom stereocenters. The quantitative estimate of drug-likeness (QED) is 0.913. The maximum atomic E-state index is 13.7. The summed E-state index contributed by atoms with van der Waals surface area (Å²) in [6.45, 7) is 2.45. The first-order valence-electron chi connectivity index (χ1n) is 5.68. The summed E-state index contributed by atoms with van der Waals surface area (Å²) < 4.78 is 26.9. The molecule has 1 N–H and O–H groups in total. The molecule has 1 fully saturated rings. The number of nitrogens with zero attached hydrogens (tertiary/aromatic N) is 1. The fourth-order valence-electron chi connectivity index (χ4n) is 2.14. The number of rotatable bonds is 3. The molecule has 1 aromatic rings. The number of hydrogen-bond donors (Lipinski definition) is 1. The third-order valence-corrected chi connectivity index (χ3v) is 3.29. The third-order valence-electron chi connectivity index (χ3n) is 3.06. The van der Waals surface area contributed by atoms with Crippen molar-refractivity contribution in [2.75, 3.05) is 32.9 Å². The molecule has 1 aliphatic rings. The highest BCUT2D eigenvalue weighted by molar-refractivity contribution is 6.30. The summed E-state index contributed by atoms with van der Waals surface area (Å²) in [5, 5.41) is 3.63. The SMILES string of the molecule is Cl.Cl.FC[C@@H](c1cc(Cl)ccc1F)N1CCNCC1. The van der Waals surface area contributed by atoms with Gasteiger partial charge in [-0.25, -0.2) is 8.78 Å². The first-order chi connectivity index (χ1) is 8.22. The van der Waals surface area contributed by atoms with E-state index in [9.17, 15) is 8.78 Å². The number of nitrogens with one attached hydrogen (secondary N) is 1. The molecular formula is C12H17Cl3F2N2. The van der Waals surface area contributed by atoms with Crippen LogP contribution in [0.2, 0.25) is 5.02 Å². The Kier molecular flexibility index (Phi) is 8.86. The predicted molar refractivity (Wildman–Crippen MR) is 79.1 cm³/mol. The number of piperazine rings is 1. The first kappa shape index (κ1) is 18.9. The molecule has 0 aromatic heterocycles. The van der Waals surface area contributed by atoms with Crippen molar-refractivity contribution in [3.05, 3.63) is 34.6 Å². The van der Waals surface area contributed by atoms with Gasteiger partial charge in [0.15, 0.2) is 0 Å². The van der Waals surface area contributed by atoms with Gasteiger partial charge in [0.1, 0.15) is 12.5 Å². The van der Waals surface area contributed by atoms with E-state index in [1.165, 1.54) is 18.2 Å². The van der Waals surface area contributed by atoms with Gasteiger partial charge in [0, 0.05) is 36.8 Å². The van der Waals surface area contributed by atoms with E-state index >= 15 is 0 Å². The number of alkyl halides is 1. The molecular weight excluding hydrogens is 317 g/mol. The molecule has 1 atom stereocenters. The van der Waals surface area contributed by atoms with Crippen LogP contribution in [0.25, 0.3) is 0 Å². The molecule has 2 nitrogen and oxygen atoms in total. The smallest absolute Gasteiger partial charge is 0.128 e. The van der Waals surface area contributed by atoms with Gasteiger partial charge in [-0.1, -0.05) is 11.6 Å². The van der Waals surface area contributed by atoms with Gasteiger partial charge in [-0.15, -0.1) is 24.8 Å². The summed E-state index contributed by atoms with van der Waals surface area (Å²) in [6.07, 6.45) is 0. The van der Waals surface area contributed by atoms with Crippen molar-refractivity contribution < 1.29 is 8.78 Å². The molecule has 19 heavy (non-hydrogen) atoms. The Morgan fingerprint density at radius 1 is 1.26 bits per heavy atom. The zero-order valence-corrected chi connectivity index (χ0v) is 12.6. The van der Waals surface area contributed by atoms with E-state index in [0.717, 1.165) is 26.2 Å². The molecule has 0 aliphatic carbocycles. The Hall–Kier alpha value is -0.130. The summed E-state index contributed by atoms with van der Waals surface area (Å²) >= 11 is 5.84. The highest BCUT2D eigenvalue weighted by Gasteiger charge is 2.24. The zero-order chi connectivity index (χ0) is 12.3.